The predicted molar refractivity (Wildman–Crippen MR) is 73.3 cm³/mol. The lowest BCUT2D eigenvalue weighted by atomic mass is 9.91. The first-order chi connectivity index (χ1) is 9.78. The van der Waals surface area contributed by atoms with Crippen LogP contribution in [0.25, 0.3) is 0 Å². The van der Waals surface area contributed by atoms with Crippen molar-refractivity contribution in [2.24, 2.45) is 0 Å². The number of nitrogens with zero attached hydrogens (tertiary/aromatic N) is 1. The molecule has 0 saturated carbocycles. The summed E-state index contributed by atoms with van der Waals surface area (Å²) in [5.41, 5.74) is -0.800. The Morgan fingerprint density at radius 3 is 2.57 bits per heavy atom. The maximum Gasteiger partial charge on any atom is 0.336 e. The van der Waals surface area contributed by atoms with Crippen LogP contribution < -0.4 is 4.74 Å². The van der Waals surface area contributed by atoms with Crippen molar-refractivity contribution in [3.8, 4) is 5.88 Å². The molecular weight excluding hydrogens is 278 g/mol. The number of carboxylic acids is 2. The van der Waals surface area contributed by atoms with Gasteiger partial charge in [-0.15, -0.1) is 0 Å². The molecule has 1 rings (SSSR count). The van der Waals surface area contributed by atoms with Gasteiger partial charge < -0.3 is 20.1 Å². The molecule has 0 aliphatic heterocycles. The lowest BCUT2D eigenvalue weighted by Crippen LogP contribution is -2.41. The van der Waals surface area contributed by atoms with Crippen LogP contribution in [0.4, 0.5) is 0 Å². The number of aryl methyl sites for hydroxylation is 2. The molecule has 0 spiro atoms. The third-order valence-electron chi connectivity index (χ3n) is 2.99. The molecule has 7 heteroatoms. The predicted octanol–water partition coefficient (Wildman–Crippen LogP) is 1.01. The number of carboxylic acid groups (broad SMARTS) is 2. The maximum atomic E-state index is 11.1. The van der Waals surface area contributed by atoms with Crippen molar-refractivity contribution in [1.29, 1.82) is 0 Å². The van der Waals surface area contributed by atoms with E-state index in [0.29, 0.717) is 18.1 Å². The number of rotatable bonds is 8. The second-order valence-electron chi connectivity index (χ2n) is 4.82. The third kappa shape index (κ3) is 4.71. The van der Waals surface area contributed by atoms with Crippen molar-refractivity contribution in [2.75, 3.05) is 6.61 Å². The molecule has 1 heterocycles. The van der Waals surface area contributed by atoms with Crippen molar-refractivity contribution in [3.63, 3.8) is 0 Å². The minimum absolute atomic E-state index is 0.153. The number of pyridine rings is 1. The van der Waals surface area contributed by atoms with E-state index in [2.05, 4.69) is 4.98 Å². The molecule has 0 radical (unpaired) electrons. The number of carbonyl (C=O) groups is 2. The van der Waals surface area contributed by atoms with Crippen molar-refractivity contribution in [1.82, 2.24) is 4.98 Å². The summed E-state index contributed by atoms with van der Waals surface area (Å²) in [6, 6.07) is 1.78. The van der Waals surface area contributed by atoms with E-state index < -0.39 is 24.0 Å². The summed E-state index contributed by atoms with van der Waals surface area (Å²) in [6.45, 7) is 4.03. The molecule has 0 fully saturated rings. The highest BCUT2D eigenvalue weighted by Crippen LogP contribution is 2.24. The Hall–Kier alpha value is -2.15. The fourth-order valence-corrected chi connectivity index (χ4v) is 1.93. The van der Waals surface area contributed by atoms with Gasteiger partial charge in [-0.1, -0.05) is 0 Å². The molecule has 0 saturated heterocycles. The van der Waals surface area contributed by atoms with Gasteiger partial charge in [-0.05, 0) is 38.3 Å². The number of hydrogen-bond donors (Lipinski definition) is 3. The molecule has 1 unspecified atom stereocenters. The van der Waals surface area contributed by atoms with Gasteiger partial charge in [-0.2, -0.15) is 0 Å². The summed E-state index contributed by atoms with van der Waals surface area (Å²) in [5.74, 6) is -2.55. The minimum atomic E-state index is -2.31. The van der Waals surface area contributed by atoms with Crippen LogP contribution in [0.15, 0.2) is 12.3 Å². The lowest BCUT2D eigenvalue weighted by molar-refractivity contribution is -0.166. The Balaban J connectivity index is 2.92. The molecule has 1 aromatic rings. The maximum absolute atomic E-state index is 11.1. The van der Waals surface area contributed by atoms with E-state index in [4.69, 9.17) is 14.9 Å². The van der Waals surface area contributed by atoms with Crippen LogP contribution >= 0.6 is 0 Å². The zero-order valence-electron chi connectivity index (χ0n) is 12.0. The molecule has 116 valence electrons. The van der Waals surface area contributed by atoms with Gasteiger partial charge in [0.05, 0.1) is 13.0 Å². The first-order valence-electron chi connectivity index (χ1n) is 6.54. The van der Waals surface area contributed by atoms with Gasteiger partial charge in [0, 0.05) is 11.8 Å². The van der Waals surface area contributed by atoms with E-state index in [1.165, 1.54) is 0 Å². The molecule has 0 aliphatic carbocycles. The Bertz CT molecular complexity index is 530. The fraction of sp³-hybridized carbons (Fsp3) is 0.500. The molecule has 0 aromatic carbocycles. The molecule has 3 N–H and O–H groups in total. The van der Waals surface area contributed by atoms with Gasteiger partial charge >= 0.3 is 11.9 Å². The first-order valence-corrected chi connectivity index (χ1v) is 6.54. The zero-order valence-corrected chi connectivity index (χ0v) is 12.0. The Morgan fingerprint density at radius 2 is 2.05 bits per heavy atom. The highest BCUT2D eigenvalue weighted by atomic mass is 16.5. The molecule has 0 aliphatic rings. The molecule has 0 bridgehead atoms. The van der Waals surface area contributed by atoms with Crippen LogP contribution in [-0.4, -0.2) is 44.5 Å². The minimum Gasteiger partial charge on any atom is -0.481 e. The second kappa shape index (κ2) is 7.03. The van der Waals surface area contributed by atoms with Crippen molar-refractivity contribution < 1.29 is 29.6 Å². The fourth-order valence-electron chi connectivity index (χ4n) is 1.93. The van der Waals surface area contributed by atoms with Gasteiger partial charge in [0.2, 0.25) is 5.88 Å². The van der Waals surface area contributed by atoms with E-state index in [9.17, 15) is 14.7 Å². The third-order valence-corrected chi connectivity index (χ3v) is 2.99. The van der Waals surface area contributed by atoms with Crippen molar-refractivity contribution >= 4 is 11.9 Å². The van der Waals surface area contributed by atoms with Gasteiger partial charge in [0.25, 0.3) is 0 Å². The monoisotopic (exact) mass is 297 g/mol. The second-order valence-corrected chi connectivity index (χ2v) is 4.82. The smallest absolute Gasteiger partial charge is 0.336 e. The Morgan fingerprint density at radius 1 is 1.38 bits per heavy atom. The average molecular weight is 297 g/mol. The molecule has 7 nitrogen and oxygen atoms in total. The van der Waals surface area contributed by atoms with E-state index in [1.54, 1.807) is 19.2 Å². The number of ether oxygens (including phenoxy) is 1. The summed E-state index contributed by atoms with van der Waals surface area (Å²) in [5, 5.41) is 27.7. The van der Waals surface area contributed by atoms with Crippen LogP contribution in [0.5, 0.6) is 5.88 Å². The Labute approximate surface area is 122 Å². The van der Waals surface area contributed by atoms with E-state index >= 15 is 0 Å². The highest BCUT2D eigenvalue weighted by Gasteiger charge is 2.38. The van der Waals surface area contributed by atoms with Crippen molar-refractivity contribution in [3.05, 3.63) is 23.4 Å². The van der Waals surface area contributed by atoms with Gasteiger partial charge in [0.15, 0.2) is 5.60 Å². The molecule has 0 amide bonds. The topological polar surface area (TPSA) is 117 Å². The quantitative estimate of drug-likeness (QED) is 0.655. The van der Waals surface area contributed by atoms with Gasteiger partial charge in [-0.25, -0.2) is 9.78 Å². The van der Waals surface area contributed by atoms with Crippen LogP contribution in [0.1, 0.15) is 30.9 Å². The van der Waals surface area contributed by atoms with Crippen LogP contribution in [0.3, 0.4) is 0 Å². The van der Waals surface area contributed by atoms with Gasteiger partial charge in [0.1, 0.15) is 0 Å². The average Bonchev–Trinajstić information content (AvgIpc) is 2.38. The standard InChI is InChI=1S/C14H19NO6/c1-3-21-12-10(6-9(2)8-15-12)4-5-14(20,13(18)19)7-11(16)17/h6,8,20H,3-5,7H2,1-2H3,(H,16,17)(H,18,19). The highest BCUT2D eigenvalue weighted by molar-refractivity contribution is 5.83. The normalized spacial score (nSPS) is 13.5. The van der Waals surface area contributed by atoms with Gasteiger partial charge in [-0.3, -0.25) is 4.79 Å². The SMILES string of the molecule is CCOc1ncc(C)cc1CCC(O)(CC(=O)O)C(=O)O. The molecule has 21 heavy (non-hydrogen) atoms. The van der Waals surface area contributed by atoms with Crippen molar-refractivity contribution in [2.45, 2.75) is 38.7 Å². The first kappa shape index (κ1) is 16.9. The van der Waals surface area contributed by atoms with Crippen LogP contribution in [0.2, 0.25) is 0 Å². The zero-order chi connectivity index (χ0) is 16.0. The molecule has 1 aromatic heterocycles. The molecule has 1 atom stereocenters. The largest absolute Gasteiger partial charge is 0.481 e. The van der Waals surface area contributed by atoms with Crippen LogP contribution in [0, 0.1) is 6.92 Å². The number of hydrogen-bond acceptors (Lipinski definition) is 5. The van der Waals surface area contributed by atoms with E-state index in [-0.39, 0.29) is 12.8 Å². The number of aromatic nitrogens is 1. The summed E-state index contributed by atoms with van der Waals surface area (Å²) in [6.07, 6.45) is 0.681. The molecular formula is C14H19NO6. The summed E-state index contributed by atoms with van der Waals surface area (Å²) in [4.78, 5) is 25.9. The summed E-state index contributed by atoms with van der Waals surface area (Å²) < 4.78 is 5.34. The number of aliphatic carboxylic acids is 2. The van der Waals surface area contributed by atoms with E-state index in [1.807, 2.05) is 6.92 Å². The Kier molecular flexibility index (Phi) is 5.66. The number of aliphatic hydroxyl groups is 1. The lowest BCUT2D eigenvalue weighted by Gasteiger charge is -2.21. The summed E-state index contributed by atoms with van der Waals surface area (Å²) >= 11 is 0. The summed E-state index contributed by atoms with van der Waals surface area (Å²) in [7, 11) is 0. The van der Waals surface area contributed by atoms with Crippen LogP contribution in [-0.2, 0) is 16.0 Å². The van der Waals surface area contributed by atoms with E-state index in [0.717, 1.165) is 5.56 Å².